The number of fused-ring (bicyclic) bond motifs is 1. The van der Waals surface area contributed by atoms with Crippen LogP contribution in [-0.2, 0) is 9.59 Å². The van der Waals surface area contributed by atoms with E-state index in [4.69, 9.17) is 4.42 Å². The Morgan fingerprint density at radius 2 is 1.53 bits per heavy atom. The van der Waals surface area contributed by atoms with Gasteiger partial charge in [0.2, 0.25) is 17.7 Å². The van der Waals surface area contributed by atoms with Gasteiger partial charge in [0.1, 0.15) is 5.52 Å². The first-order chi connectivity index (χ1) is 16.7. The SMILES string of the molecule is O=C1CC(Sc2ccc(-n3cccc3)cc2)C(=O)N1c1ccc(-c2nc3ccccc3o2)cc1. The monoisotopic (exact) mass is 465 g/mol. The normalized spacial score (nSPS) is 16.0. The summed E-state index contributed by atoms with van der Waals surface area (Å²) in [5, 5.41) is -0.443. The van der Waals surface area contributed by atoms with Crippen LogP contribution in [0.3, 0.4) is 0 Å². The summed E-state index contributed by atoms with van der Waals surface area (Å²) in [4.78, 5) is 32.6. The van der Waals surface area contributed by atoms with Gasteiger partial charge < -0.3 is 8.98 Å². The Bertz CT molecular complexity index is 1460. The zero-order valence-electron chi connectivity index (χ0n) is 18.0. The molecule has 0 spiro atoms. The zero-order valence-corrected chi connectivity index (χ0v) is 18.8. The summed E-state index contributed by atoms with van der Waals surface area (Å²) in [7, 11) is 0. The summed E-state index contributed by atoms with van der Waals surface area (Å²) in [6.45, 7) is 0. The number of rotatable bonds is 5. The lowest BCUT2D eigenvalue weighted by molar-refractivity contribution is -0.121. The fourth-order valence-corrected chi connectivity index (χ4v) is 5.14. The first-order valence-corrected chi connectivity index (χ1v) is 11.8. The van der Waals surface area contributed by atoms with Crippen LogP contribution in [0, 0.1) is 0 Å². The van der Waals surface area contributed by atoms with E-state index in [1.54, 1.807) is 12.1 Å². The molecule has 1 fully saturated rings. The molecule has 1 aliphatic heterocycles. The first kappa shape index (κ1) is 20.5. The lowest BCUT2D eigenvalue weighted by Gasteiger charge is -2.15. The molecule has 0 aliphatic carbocycles. The molecule has 166 valence electrons. The third kappa shape index (κ3) is 3.70. The minimum Gasteiger partial charge on any atom is -0.436 e. The van der Waals surface area contributed by atoms with Crippen molar-refractivity contribution in [2.75, 3.05) is 4.90 Å². The van der Waals surface area contributed by atoms with E-state index in [1.807, 2.05) is 89.8 Å². The van der Waals surface area contributed by atoms with Crippen LogP contribution in [0.25, 0.3) is 28.2 Å². The van der Waals surface area contributed by atoms with Crippen LogP contribution in [0.4, 0.5) is 5.69 Å². The van der Waals surface area contributed by atoms with Gasteiger partial charge >= 0.3 is 0 Å². The number of aromatic nitrogens is 2. The van der Waals surface area contributed by atoms with Crippen molar-refractivity contribution >= 4 is 40.4 Å². The summed E-state index contributed by atoms with van der Waals surface area (Å²) in [6, 6.07) is 26.7. The summed E-state index contributed by atoms with van der Waals surface area (Å²) in [6.07, 6.45) is 4.14. The van der Waals surface area contributed by atoms with Gasteiger partial charge in [-0.25, -0.2) is 9.88 Å². The number of hydrogen-bond acceptors (Lipinski definition) is 5. The number of carbonyl (C=O) groups is 2. The van der Waals surface area contributed by atoms with Gasteiger partial charge in [0, 0.05) is 35.0 Å². The van der Waals surface area contributed by atoms with E-state index < -0.39 is 5.25 Å². The number of benzene rings is 3. The Balaban J connectivity index is 1.18. The number of hydrogen-bond donors (Lipinski definition) is 0. The molecule has 1 saturated heterocycles. The molecule has 2 aromatic heterocycles. The van der Waals surface area contributed by atoms with Gasteiger partial charge in [0.05, 0.1) is 10.9 Å². The molecule has 2 amide bonds. The highest BCUT2D eigenvalue weighted by molar-refractivity contribution is 8.00. The van der Waals surface area contributed by atoms with Crippen LogP contribution in [0.2, 0.25) is 0 Å². The third-order valence-electron chi connectivity index (χ3n) is 5.79. The number of thioether (sulfide) groups is 1. The number of oxazole rings is 1. The van der Waals surface area contributed by atoms with Gasteiger partial charge in [-0.2, -0.15) is 0 Å². The van der Waals surface area contributed by atoms with E-state index in [0.717, 1.165) is 21.7 Å². The van der Waals surface area contributed by atoms with E-state index in [0.29, 0.717) is 17.2 Å². The van der Waals surface area contributed by atoms with Crippen molar-refractivity contribution in [2.24, 2.45) is 0 Å². The van der Waals surface area contributed by atoms with Crippen molar-refractivity contribution in [1.29, 1.82) is 0 Å². The van der Waals surface area contributed by atoms with Crippen molar-refractivity contribution in [1.82, 2.24) is 9.55 Å². The molecule has 0 radical (unpaired) electrons. The molecule has 0 N–H and O–H groups in total. The summed E-state index contributed by atoms with van der Waals surface area (Å²) in [5.74, 6) is 0.115. The van der Waals surface area contributed by atoms with Crippen LogP contribution in [-0.4, -0.2) is 26.6 Å². The minimum atomic E-state index is -0.443. The van der Waals surface area contributed by atoms with Crippen molar-refractivity contribution < 1.29 is 14.0 Å². The predicted molar refractivity (Wildman–Crippen MR) is 132 cm³/mol. The van der Waals surface area contributed by atoms with E-state index in [9.17, 15) is 9.59 Å². The topological polar surface area (TPSA) is 68.3 Å². The van der Waals surface area contributed by atoms with Crippen LogP contribution in [0.5, 0.6) is 0 Å². The number of amides is 2. The number of carbonyl (C=O) groups excluding carboxylic acids is 2. The summed E-state index contributed by atoms with van der Waals surface area (Å²) in [5.41, 5.74) is 3.89. The summed E-state index contributed by atoms with van der Waals surface area (Å²) < 4.78 is 7.83. The van der Waals surface area contributed by atoms with Crippen LogP contribution < -0.4 is 4.90 Å². The molecule has 0 bridgehead atoms. The number of imide groups is 1. The Morgan fingerprint density at radius 3 is 2.26 bits per heavy atom. The second-order valence-electron chi connectivity index (χ2n) is 8.00. The number of para-hydroxylation sites is 2. The highest BCUT2D eigenvalue weighted by Crippen LogP contribution is 2.35. The molecule has 0 saturated carbocycles. The first-order valence-electron chi connectivity index (χ1n) is 10.9. The van der Waals surface area contributed by atoms with Gasteiger partial charge in [-0.3, -0.25) is 9.59 Å². The summed E-state index contributed by atoms with van der Waals surface area (Å²) >= 11 is 1.42. The maximum absolute atomic E-state index is 13.1. The molecule has 1 aliphatic rings. The van der Waals surface area contributed by atoms with Crippen molar-refractivity contribution in [3.8, 4) is 17.1 Å². The van der Waals surface area contributed by atoms with Gasteiger partial charge in [-0.1, -0.05) is 12.1 Å². The number of nitrogens with zero attached hydrogens (tertiary/aromatic N) is 3. The van der Waals surface area contributed by atoms with E-state index in [-0.39, 0.29) is 18.2 Å². The van der Waals surface area contributed by atoms with E-state index >= 15 is 0 Å². The fraction of sp³-hybridized carbons (Fsp3) is 0.0741. The maximum atomic E-state index is 13.1. The predicted octanol–water partition coefficient (Wildman–Crippen LogP) is 5.71. The lowest BCUT2D eigenvalue weighted by atomic mass is 10.2. The zero-order chi connectivity index (χ0) is 23.1. The molecule has 5 aromatic rings. The molecule has 34 heavy (non-hydrogen) atoms. The Hall–Kier alpha value is -4.10. The standard InChI is InChI=1S/C27H19N3O3S/c31-25-17-24(34-21-13-11-19(12-14-21)29-15-3-4-16-29)27(32)30(25)20-9-7-18(8-10-20)26-28-22-5-1-2-6-23(22)33-26/h1-16,24H,17H2. The van der Waals surface area contributed by atoms with Gasteiger partial charge in [0.15, 0.2) is 5.58 Å². The molecule has 7 heteroatoms. The average molecular weight is 466 g/mol. The molecule has 1 atom stereocenters. The average Bonchev–Trinajstić information content (AvgIpc) is 3.60. The molecule has 1 unspecified atom stereocenters. The van der Waals surface area contributed by atoms with Crippen molar-refractivity contribution in [2.45, 2.75) is 16.6 Å². The second kappa shape index (κ2) is 8.35. The Kier molecular flexibility index (Phi) is 5.04. The van der Waals surface area contributed by atoms with E-state index in [2.05, 4.69) is 4.98 Å². The van der Waals surface area contributed by atoms with Gasteiger partial charge in [0.25, 0.3) is 0 Å². The lowest BCUT2D eigenvalue weighted by Crippen LogP contribution is -2.31. The molecular weight excluding hydrogens is 446 g/mol. The molecule has 6 rings (SSSR count). The molecule has 3 heterocycles. The molecular formula is C27H19N3O3S. The highest BCUT2D eigenvalue weighted by Gasteiger charge is 2.40. The molecule has 3 aromatic carbocycles. The van der Waals surface area contributed by atoms with Gasteiger partial charge in [-0.15, -0.1) is 11.8 Å². The molecule has 6 nitrogen and oxygen atoms in total. The quantitative estimate of drug-likeness (QED) is 0.311. The largest absolute Gasteiger partial charge is 0.436 e. The third-order valence-corrected chi connectivity index (χ3v) is 6.99. The minimum absolute atomic E-state index is 0.176. The Morgan fingerprint density at radius 1 is 0.824 bits per heavy atom. The van der Waals surface area contributed by atoms with Crippen LogP contribution in [0.1, 0.15) is 6.42 Å². The smallest absolute Gasteiger partial charge is 0.247 e. The fourth-order valence-electron chi connectivity index (χ4n) is 4.08. The van der Waals surface area contributed by atoms with Crippen molar-refractivity contribution in [3.63, 3.8) is 0 Å². The highest BCUT2D eigenvalue weighted by atomic mass is 32.2. The van der Waals surface area contributed by atoms with Gasteiger partial charge in [-0.05, 0) is 72.8 Å². The van der Waals surface area contributed by atoms with Crippen LogP contribution >= 0.6 is 11.8 Å². The van der Waals surface area contributed by atoms with Crippen LogP contribution in [0.15, 0.2) is 107 Å². The maximum Gasteiger partial charge on any atom is 0.247 e. The number of anilines is 1. The van der Waals surface area contributed by atoms with Crippen molar-refractivity contribution in [3.05, 3.63) is 97.3 Å². The van der Waals surface area contributed by atoms with E-state index in [1.165, 1.54) is 16.7 Å². The Labute approximate surface area is 199 Å². The second-order valence-corrected chi connectivity index (χ2v) is 9.27.